The molecule has 0 fully saturated rings. The van der Waals surface area contributed by atoms with Crippen LogP contribution in [0.4, 0.5) is 0 Å². The van der Waals surface area contributed by atoms with Crippen LogP contribution in [0, 0.1) is 0 Å². The third kappa shape index (κ3) is 15.5. The third-order valence-electron chi connectivity index (χ3n) is 6.41. The first-order valence-corrected chi connectivity index (χ1v) is 26.9. The zero-order chi connectivity index (χ0) is 25.6. The maximum atomic E-state index is 6.79. The zero-order valence-electron chi connectivity index (χ0n) is 24.5. The normalized spacial score (nSPS) is 13.5. The summed E-state index contributed by atoms with van der Waals surface area (Å²) in [5, 5.41) is 0. The van der Waals surface area contributed by atoms with Crippen LogP contribution in [0.1, 0.15) is 12.8 Å². The Hall–Kier alpha value is 0.844. The number of hydrogen-bond acceptors (Lipinski definition) is 6. The van der Waals surface area contributed by atoms with Crippen molar-refractivity contribution in [3.05, 3.63) is 0 Å². The molecule has 11 heteroatoms. The first kappa shape index (κ1) is 33.8. The summed E-state index contributed by atoms with van der Waals surface area (Å²) in [6.07, 6.45) is 2.46. The van der Waals surface area contributed by atoms with E-state index in [1.807, 2.05) is 0 Å². The zero-order valence-corrected chi connectivity index (χ0v) is 30.1. The highest BCUT2D eigenvalue weighted by atomic mass is 28.4. The average molecular weight is 553 g/mol. The largest absolute Gasteiger partial charge is 0.393 e. The van der Waals surface area contributed by atoms with Crippen LogP contribution < -0.4 is 0 Å². The van der Waals surface area contributed by atoms with E-state index < -0.39 is 44.4 Å². The van der Waals surface area contributed by atoms with Crippen molar-refractivity contribution in [3.8, 4) is 0 Å². The first-order chi connectivity index (χ1) is 15.3. The topological polar surface area (TPSA) is 31.4 Å². The number of nitrogens with zero attached hydrogens (tertiary/aromatic N) is 4. The molecule has 0 saturated carbocycles. The molecule has 0 spiro atoms. The highest BCUT2D eigenvalue weighted by Gasteiger charge is 2.37. The smallest absolute Gasteiger partial charge is 0.338 e. The van der Waals surface area contributed by atoms with Gasteiger partial charge in [0.25, 0.3) is 0 Å². The van der Waals surface area contributed by atoms with E-state index in [4.69, 9.17) is 8.85 Å². The maximum Gasteiger partial charge on any atom is 0.338 e. The Morgan fingerprint density at radius 2 is 0.818 bits per heavy atom. The van der Waals surface area contributed by atoms with Crippen molar-refractivity contribution in [1.29, 1.82) is 0 Å². The Morgan fingerprint density at radius 1 is 0.515 bits per heavy atom. The first-order valence-electron chi connectivity index (χ1n) is 13.4. The van der Waals surface area contributed by atoms with Crippen LogP contribution in [-0.2, 0) is 8.85 Å². The fraction of sp³-hybridized carbons (Fsp3) is 1.00. The molecule has 0 atom stereocenters. The molecule has 0 aromatic carbocycles. The van der Waals surface area contributed by atoms with Crippen LogP contribution in [0.25, 0.3) is 0 Å². The third-order valence-corrected chi connectivity index (χ3v) is 23.6. The second-order valence-electron chi connectivity index (χ2n) is 11.3. The van der Waals surface area contributed by atoms with E-state index in [0.29, 0.717) is 0 Å². The summed E-state index contributed by atoms with van der Waals surface area (Å²) >= 11 is 0. The van der Waals surface area contributed by atoms with Crippen molar-refractivity contribution >= 4 is 44.4 Å². The molecule has 6 nitrogen and oxygen atoms in total. The van der Waals surface area contributed by atoms with Gasteiger partial charge in [-0.25, -0.2) is 0 Å². The predicted molar refractivity (Wildman–Crippen MR) is 163 cm³/mol. The molecule has 0 heterocycles. The van der Waals surface area contributed by atoms with E-state index >= 15 is 0 Å². The van der Waals surface area contributed by atoms with E-state index in [2.05, 4.69) is 98.8 Å². The van der Waals surface area contributed by atoms with Crippen molar-refractivity contribution in [2.75, 3.05) is 67.6 Å². The van der Waals surface area contributed by atoms with Gasteiger partial charge in [0, 0.05) is 26.3 Å². The molecule has 0 radical (unpaired) electrons. The second kappa shape index (κ2) is 18.1. The molecular weight excluding hydrogens is 493 g/mol. The van der Waals surface area contributed by atoms with Gasteiger partial charge in [-0.2, -0.15) is 0 Å². The molecule has 0 amide bonds. The highest BCUT2D eigenvalue weighted by molar-refractivity contribution is 6.70. The fourth-order valence-corrected chi connectivity index (χ4v) is 20.1. The molecule has 0 aliphatic rings. The minimum absolute atomic E-state index is 0.741. The van der Waals surface area contributed by atoms with Gasteiger partial charge in [-0.15, -0.1) is 0 Å². The van der Waals surface area contributed by atoms with Crippen LogP contribution in [0.3, 0.4) is 0 Å². The number of rotatable bonds is 20. The van der Waals surface area contributed by atoms with Crippen molar-refractivity contribution in [2.45, 2.75) is 77.3 Å². The summed E-state index contributed by atoms with van der Waals surface area (Å²) in [5.41, 5.74) is 0. The van der Waals surface area contributed by atoms with Gasteiger partial charge in [-0.3, -0.25) is 0 Å². The molecule has 0 saturated heterocycles. The minimum atomic E-state index is -2.25. The molecule has 200 valence electrons. The standard InChI is InChI=1S/C22H60N4O2Si5/c1-23(2)17-19-27-33(28-20-18-24(3)4,21-13-15-25(29(5)6)30(7)8)22-14-16-26(31(9)10)32(11)12/h29-32H,13-22H2,1-12H3. The van der Waals surface area contributed by atoms with E-state index in [9.17, 15) is 0 Å². The molecule has 0 aliphatic heterocycles. The van der Waals surface area contributed by atoms with Crippen molar-refractivity contribution in [2.24, 2.45) is 0 Å². The molecule has 0 N–H and O–H groups in total. The lowest BCUT2D eigenvalue weighted by Gasteiger charge is -2.36. The summed E-state index contributed by atoms with van der Waals surface area (Å²) in [4.78, 5) is 4.46. The van der Waals surface area contributed by atoms with Gasteiger partial charge >= 0.3 is 8.56 Å². The van der Waals surface area contributed by atoms with Crippen LogP contribution in [-0.4, -0.2) is 130 Å². The predicted octanol–water partition coefficient (Wildman–Crippen LogP) is 2.90. The molecule has 0 aliphatic carbocycles. The van der Waals surface area contributed by atoms with Gasteiger partial charge in [-0.1, -0.05) is 52.4 Å². The van der Waals surface area contributed by atoms with Crippen molar-refractivity contribution < 1.29 is 8.85 Å². The van der Waals surface area contributed by atoms with Crippen LogP contribution in [0.5, 0.6) is 0 Å². The Balaban J connectivity index is 5.42. The fourth-order valence-electron chi connectivity index (χ4n) is 4.57. The molecule has 0 bridgehead atoms. The molecule has 0 aromatic heterocycles. The maximum absolute atomic E-state index is 6.79. The Morgan fingerprint density at radius 3 is 1.06 bits per heavy atom. The van der Waals surface area contributed by atoms with Gasteiger partial charge in [-0.05, 0) is 66.2 Å². The van der Waals surface area contributed by atoms with Crippen molar-refractivity contribution in [3.63, 3.8) is 0 Å². The van der Waals surface area contributed by atoms with Crippen molar-refractivity contribution in [1.82, 2.24) is 18.3 Å². The van der Waals surface area contributed by atoms with Gasteiger partial charge in [0.05, 0.1) is 35.8 Å². The van der Waals surface area contributed by atoms with E-state index in [-0.39, 0.29) is 0 Å². The molecule has 0 aromatic rings. The Bertz CT molecular complexity index is 428. The van der Waals surface area contributed by atoms with Gasteiger partial charge < -0.3 is 27.1 Å². The summed E-state index contributed by atoms with van der Waals surface area (Å²) in [5.74, 6) is 0. The minimum Gasteiger partial charge on any atom is -0.393 e. The van der Waals surface area contributed by atoms with Gasteiger partial charge in [0.15, 0.2) is 0 Å². The van der Waals surface area contributed by atoms with Crippen LogP contribution >= 0.6 is 0 Å². The molecule has 0 unspecified atom stereocenters. The quantitative estimate of drug-likeness (QED) is 0.216. The lowest BCUT2D eigenvalue weighted by molar-refractivity contribution is 0.143. The van der Waals surface area contributed by atoms with E-state index in [1.165, 1.54) is 25.9 Å². The monoisotopic (exact) mass is 552 g/mol. The second-order valence-corrected chi connectivity index (χ2v) is 27.3. The van der Waals surface area contributed by atoms with E-state index in [1.54, 1.807) is 0 Å². The summed E-state index contributed by atoms with van der Waals surface area (Å²) < 4.78 is 19.4. The highest BCUT2D eigenvalue weighted by Crippen LogP contribution is 2.25. The number of likely N-dealkylation sites (N-methyl/N-ethyl adjacent to an activating group) is 2. The number of hydrogen-bond donors (Lipinski definition) is 0. The Labute approximate surface area is 216 Å². The SMILES string of the molecule is CN(C)CCO[Si](CCCN([SiH](C)C)[SiH](C)C)(CCCN([SiH](C)C)[SiH](C)C)OCCN(C)C. The summed E-state index contributed by atoms with van der Waals surface area (Å²) in [6, 6.07) is 2.29. The van der Waals surface area contributed by atoms with Gasteiger partial charge in [0.2, 0.25) is 0 Å². The van der Waals surface area contributed by atoms with Crippen LogP contribution in [0.15, 0.2) is 0 Å². The summed E-state index contributed by atoms with van der Waals surface area (Å²) in [6.45, 7) is 25.9. The summed E-state index contributed by atoms with van der Waals surface area (Å²) in [7, 11) is 3.33. The molecule has 0 rings (SSSR count). The lowest BCUT2D eigenvalue weighted by atomic mass is 10.5. The Kier molecular flexibility index (Phi) is 18.6. The molecular formula is C22H60N4O2Si5. The van der Waals surface area contributed by atoms with E-state index in [0.717, 1.165) is 38.4 Å². The van der Waals surface area contributed by atoms with Gasteiger partial charge in [0.1, 0.15) is 0 Å². The lowest BCUT2D eigenvalue weighted by Crippen LogP contribution is -2.48. The average Bonchev–Trinajstić information content (AvgIpc) is 2.66. The molecule has 33 heavy (non-hydrogen) atoms. The van der Waals surface area contributed by atoms with Crippen LogP contribution in [0.2, 0.25) is 64.5 Å².